The Morgan fingerprint density at radius 2 is 1.88 bits per heavy atom. The Morgan fingerprint density at radius 1 is 1.20 bits per heavy atom. The van der Waals surface area contributed by atoms with Gasteiger partial charge in [-0.2, -0.15) is 0 Å². The van der Waals surface area contributed by atoms with E-state index in [4.69, 9.17) is 0 Å². The van der Waals surface area contributed by atoms with Crippen molar-refractivity contribution in [3.63, 3.8) is 0 Å². The van der Waals surface area contributed by atoms with Crippen LogP contribution in [0.2, 0.25) is 0 Å². The maximum Gasteiger partial charge on any atom is 0.326 e. The van der Waals surface area contributed by atoms with E-state index in [0.29, 0.717) is 12.1 Å². The zero-order valence-electron chi connectivity index (χ0n) is 14.4. The van der Waals surface area contributed by atoms with Gasteiger partial charge in [-0.25, -0.2) is 4.79 Å². The van der Waals surface area contributed by atoms with Crippen LogP contribution in [-0.4, -0.2) is 22.0 Å². The first-order valence-corrected chi connectivity index (χ1v) is 8.49. The lowest BCUT2D eigenvalue weighted by Gasteiger charge is -2.24. The van der Waals surface area contributed by atoms with E-state index in [1.54, 1.807) is 25.2 Å². The number of imidazole rings is 1. The number of H-pyrrole nitrogens is 1. The summed E-state index contributed by atoms with van der Waals surface area (Å²) >= 11 is 0. The van der Waals surface area contributed by atoms with Gasteiger partial charge in [0, 0.05) is 19.2 Å². The van der Waals surface area contributed by atoms with Crippen LogP contribution in [0.25, 0.3) is 11.0 Å². The predicted octanol–water partition coefficient (Wildman–Crippen LogP) is 2.40. The average molecular weight is 335 g/mol. The molecule has 0 aliphatic heterocycles. The summed E-state index contributed by atoms with van der Waals surface area (Å²) in [5.41, 5.74) is 4.67. The van der Waals surface area contributed by atoms with E-state index < -0.39 is 0 Å². The van der Waals surface area contributed by atoms with Gasteiger partial charge in [0.05, 0.1) is 11.0 Å². The van der Waals surface area contributed by atoms with Crippen LogP contribution in [0.4, 0.5) is 0 Å². The van der Waals surface area contributed by atoms with E-state index >= 15 is 0 Å². The highest BCUT2D eigenvalue weighted by molar-refractivity contribution is 5.97. The van der Waals surface area contributed by atoms with Crippen molar-refractivity contribution in [3.05, 3.63) is 69.6 Å². The quantitative estimate of drug-likeness (QED) is 0.772. The van der Waals surface area contributed by atoms with Crippen LogP contribution in [0.1, 0.15) is 28.4 Å². The van der Waals surface area contributed by atoms with Gasteiger partial charge in [0.1, 0.15) is 0 Å². The smallest absolute Gasteiger partial charge is 0.326 e. The maximum absolute atomic E-state index is 12.6. The molecule has 4 rings (SSSR count). The van der Waals surface area contributed by atoms with Crippen molar-refractivity contribution in [2.24, 2.45) is 12.5 Å². The van der Waals surface area contributed by atoms with Gasteiger partial charge in [-0.05, 0) is 47.6 Å². The number of hydrogen-bond donors (Lipinski definition) is 2. The Hall–Kier alpha value is -2.82. The van der Waals surface area contributed by atoms with Crippen LogP contribution in [0.3, 0.4) is 0 Å². The van der Waals surface area contributed by atoms with Crippen LogP contribution in [0, 0.1) is 5.41 Å². The fourth-order valence-corrected chi connectivity index (χ4v) is 3.77. The van der Waals surface area contributed by atoms with E-state index in [1.165, 1.54) is 15.7 Å². The number of aromatic nitrogens is 2. The van der Waals surface area contributed by atoms with Gasteiger partial charge in [0.25, 0.3) is 5.91 Å². The molecular formula is C20H21N3O2. The second-order valence-electron chi connectivity index (χ2n) is 7.34. The number of carbonyl (C=O) groups excluding carboxylic acids is 1. The Morgan fingerprint density at radius 3 is 2.56 bits per heavy atom. The van der Waals surface area contributed by atoms with Gasteiger partial charge in [-0.3, -0.25) is 9.36 Å². The molecule has 0 radical (unpaired) electrons. The number of benzene rings is 2. The third-order valence-corrected chi connectivity index (χ3v) is 5.20. The van der Waals surface area contributed by atoms with Crippen molar-refractivity contribution >= 4 is 16.9 Å². The summed E-state index contributed by atoms with van der Waals surface area (Å²) in [5, 5.41) is 3.07. The highest BCUT2D eigenvalue weighted by Crippen LogP contribution is 2.36. The third-order valence-electron chi connectivity index (χ3n) is 5.20. The first-order valence-electron chi connectivity index (χ1n) is 8.49. The molecule has 0 spiro atoms. The second-order valence-corrected chi connectivity index (χ2v) is 7.34. The fourth-order valence-electron chi connectivity index (χ4n) is 3.77. The lowest BCUT2D eigenvalue weighted by atomic mass is 9.87. The fraction of sp³-hybridized carbons (Fsp3) is 0.300. The lowest BCUT2D eigenvalue weighted by Crippen LogP contribution is -2.36. The van der Waals surface area contributed by atoms with Gasteiger partial charge >= 0.3 is 5.69 Å². The SMILES string of the molecule is Cn1c(=O)[nH]c2ccc(C(=O)NCC3(C)Cc4ccccc4C3)cc21. The molecule has 25 heavy (non-hydrogen) atoms. The summed E-state index contributed by atoms with van der Waals surface area (Å²) in [6.07, 6.45) is 1.96. The summed E-state index contributed by atoms with van der Waals surface area (Å²) < 4.78 is 1.51. The zero-order valence-corrected chi connectivity index (χ0v) is 14.4. The number of aromatic amines is 1. The average Bonchev–Trinajstić information content (AvgIpc) is 3.09. The van der Waals surface area contributed by atoms with Gasteiger partial charge in [-0.1, -0.05) is 31.2 Å². The molecule has 5 heteroatoms. The molecule has 1 aromatic heterocycles. The number of fused-ring (bicyclic) bond motifs is 2. The molecule has 0 fully saturated rings. The highest BCUT2D eigenvalue weighted by Gasteiger charge is 2.32. The van der Waals surface area contributed by atoms with Gasteiger partial charge in [-0.15, -0.1) is 0 Å². The molecule has 2 aromatic carbocycles. The van der Waals surface area contributed by atoms with Crippen molar-refractivity contribution in [3.8, 4) is 0 Å². The molecule has 1 heterocycles. The molecule has 0 saturated carbocycles. The number of amides is 1. The Labute approximate surface area is 145 Å². The molecule has 2 N–H and O–H groups in total. The third kappa shape index (κ3) is 2.76. The molecule has 0 atom stereocenters. The number of hydrogen-bond acceptors (Lipinski definition) is 2. The van der Waals surface area contributed by atoms with E-state index in [9.17, 15) is 9.59 Å². The number of carbonyl (C=O) groups is 1. The monoisotopic (exact) mass is 335 g/mol. The topological polar surface area (TPSA) is 66.9 Å². The standard InChI is InChI=1S/C20H21N3O2/c1-20(10-14-5-3-4-6-15(14)11-20)12-21-18(24)13-7-8-16-17(9-13)23(2)19(25)22-16/h3-9H,10-12H2,1-2H3,(H,21,24)(H,22,25). The molecule has 128 valence electrons. The lowest BCUT2D eigenvalue weighted by molar-refractivity contribution is 0.0935. The van der Waals surface area contributed by atoms with Crippen LogP contribution in [0.15, 0.2) is 47.3 Å². The first kappa shape index (κ1) is 15.7. The molecule has 1 aliphatic carbocycles. The summed E-state index contributed by atoms with van der Waals surface area (Å²) in [6, 6.07) is 13.8. The first-order chi connectivity index (χ1) is 12.0. The molecular weight excluding hydrogens is 314 g/mol. The van der Waals surface area contributed by atoms with Crippen molar-refractivity contribution in [1.29, 1.82) is 0 Å². The molecule has 0 bridgehead atoms. The van der Waals surface area contributed by atoms with Crippen molar-refractivity contribution < 1.29 is 4.79 Å². The van der Waals surface area contributed by atoms with Gasteiger partial charge < -0.3 is 10.3 Å². The zero-order chi connectivity index (χ0) is 17.6. The normalized spacial score (nSPS) is 15.3. The number of nitrogens with zero attached hydrogens (tertiary/aromatic N) is 1. The Kier molecular flexibility index (Phi) is 3.53. The summed E-state index contributed by atoms with van der Waals surface area (Å²) in [4.78, 5) is 27.0. The molecule has 5 nitrogen and oxygen atoms in total. The number of rotatable bonds is 3. The Balaban J connectivity index is 1.49. The predicted molar refractivity (Wildman–Crippen MR) is 97.8 cm³/mol. The molecule has 3 aromatic rings. The second kappa shape index (κ2) is 5.62. The van der Waals surface area contributed by atoms with E-state index in [-0.39, 0.29) is 17.0 Å². The molecule has 0 saturated heterocycles. The van der Waals surface area contributed by atoms with Crippen molar-refractivity contribution in [2.45, 2.75) is 19.8 Å². The largest absolute Gasteiger partial charge is 0.351 e. The molecule has 0 unspecified atom stereocenters. The van der Waals surface area contributed by atoms with Crippen LogP contribution in [-0.2, 0) is 19.9 Å². The summed E-state index contributed by atoms with van der Waals surface area (Å²) in [7, 11) is 1.69. The summed E-state index contributed by atoms with van der Waals surface area (Å²) in [6.45, 7) is 2.84. The minimum absolute atomic E-state index is 0.0460. The molecule has 1 aliphatic rings. The van der Waals surface area contributed by atoms with Crippen molar-refractivity contribution in [2.75, 3.05) is 6.54 Å². The van der Waals surface area contributed by atoms with E-state index in [2.05, 4.69) is 41.5 Å². The van der Waals surface area contributed by atoms with Gasteiger partial charge in [0.2, 0.25) is 0 Å². The van der Waals surface area contributed by atoms with Crippen molar-refractivity contribution in [1.82, 2.24) is 14.9 Å². The van der Waals surface area contributed by atoms with Gasteiger partial charge in [0.15, 0.2) is 0 Å². The number of aryl methyl sites for hydroxylation is 1. The van der Waals surface area contributed by atoms with E-state index in [0.717, 1.165) is 23.9 Å². The van der Waals surface area contributed by atoms with E-state index in [1.807, 2.05) is 0 Å². The van der Waals surface area contributed by atoms with Crippen LogP contribution >= 0.6 is 0 Å². The maximum atomic E-state index is 12.6. The van der Waals surface area contributed by atoms with Crippen LogP contribution < -0.4 is 11.0 Å². The molecule has 1 amide bonds. The number of nitrogens with one attached hydrogen (secondary N) is 2. The minimum Gasteiger partial charge on any atom is -0.351 e. The summed E-state index contributed by atoms with van der Waals surface area (Å²) in [5.74, 6) is -0.104. The minimum atomic E-state index is -0.177. The Bertz CT molecular complexity index is 1000. The highest BCUT2D eigenvalue weighted by atomic mass is 16.2. The van der Waals surface area contributed by atoms with Crippen LogP contribution in [0.5, 0.6) is 0 Å².